The minimum Gasteiger partial charge on any atom is -0.491 e. The maximum atomic E-state index is 11.8. The number of hydrogen-bond donors (Lipinski definition) is 1. The molecule has 0 spiro atoms. The molecule has 0 aliphatic carbocycles. The number of ether oxygens (including phenoxy) is 6. The van der Waals surface area contributed by atoms with E-state index < -0.39 is 0 Å². The second-order valence-electron chi connectivity index (χ2n) is 10.8. The fourth-order valence-electron chi connectivity index (χ4n) is 4.47. The van der Waals surface area contributed by atoms with Crippen LogP contribution in [0.25, 0.3) is 0 Å². The molecule has 1 aromatic rings. The standard InChI is InChI=1S/C34H61NO7/c1-2-3-4-5-6-7-8-9-10-11-12-13-14-15-16-17-34(36)42-31-29-40-27-25-38-23-22-37-24-26-39-28-30-41-33-20-18-32(35)19-21-33/h18-21H,2-17,22-31,35H2,1H3. The highest BCUT2D eigenvalue weighted by Gasteiger charge is 2.03. The first-order valence-electron chi connectivity index (χ1n) is 16.7. The van der Waals surface area contributed by atoms with E-state index in [2.05, 4.69) is 6.92 Å². The van der Waals surface area contributed by atoms with Gasteiger partial charge >= 0.3 is 5.97 Å². The first-order chi connectivity index (χ1) is 20.7. The van der Waals surface area contributed by atoms with Crippen LogP contribution in [0.1, 0.15) is 110 Å². The minimum absolute atomic E-state index is 0.125. The Bertz CT molecular complexity index is 702. The highest BCUT2D eigenvalue weighted by atomic mass is 16.6. The van der Waals surface area contributed by atoms with Gasteiger partial charge in [-0.25, -0.2) is 0 Å². The van der Waals surface area contributed by atoms with Crippen molar-refractivity contribution in [3.8, 4) is 5.75 Å². The van der Waals surface area contributed by atoms with Crippen LogP contribution in [0.5, 0.6) is 5.75 Å². The van der Waals surface area contributed by atoms with Crippen molar-refractivity contribution in [1.29, 1.82) is 0 Å². The molecular formula is C34H61NO7. The Kier molecular flexibility index (Phi) is 27.8. The van der Waals surface area contributed by atoms with Crippen LogP contribution in [-0.2, 0) is 28.5 Å². The number of anilines is 1. The third-order valence-electron chi connectivity index (χ3n) is 6.97. The summed E-state index contributed by atoms with van der Waals surface area (Å²) in [6, 6.07) is 7.28. The lowest BCUT2D eigenvalue weighted by molar-refractivity contribution is -0.145. The Balaban J connectivity index is 1.69. The summed E-state index contributed by atoms with van der Waals surface area (Å²) in [7, 11) is 0. The molecule has 8 heteroatoms. The molecule has 0 saturated heterocycles. The molecule has 244 valence electrons. The second kappa shape index (κ2) is 30.6. The molecule has 0 radical (unpaired) electrons. The Morgan fingerprint density at radius 1 is 0.524 bits per heavy atom. The number of esters is 1. The highest BCUT2D eigenvalue weighted by molar-refractivity contribution is 5.69. The number of unbranched alkanes of at least 4 members (excludes halogenated alkanes) is 14. The highest BCUT2D eigenvalue weighted by Crippen LogP contribution is 2.14. The van der Waals surface area contributed by atoms with Crippen LogP contribution in [0.15, 0.2) is 24.3 Å². The van der Waals surface area contributed by atoms with Gasteiger partial charge in [0.2, 0.25) is 0 Å². The number of nitrogens with two attached hydrogens (primary N) is 1. The van der Waals surface area contributed by atoms with E-state index in [0.29, 0.717) is 78.2 Å². The molecule has 0 atom stereocenters. The first-order valence-corrected chi connectivity index (χ1v) is 16.7. The van der Waals surface area contributed by atoms with Gasteiger partial charge in [-0.05, 0) is 30.7 Å². The van der Waals surface area contributed by atoms with Crippen molar-refractivity contribution in [2.45, 2.75) is 110 Å². The first kappa shape index (κ1) is 38.2. The smallest absolute Gasteiger partial charge is 0.305 e. The Labute approximate surface area is 256 Å². The van der Waals surface area contributed by atoms with Gasteiger partial charge in [0.25, 0.3) is 0 Å². The van der Waals surface area contributed by atoms with Crippen LogP contribution >= 0.6 is 0 Å². The number of carbonyl (C=O) groups excluding carboxylic acids is 1. The van der Waals surface area contributed by atoms with Gasteiger partial charge < -0.3 is 34.2 Å². The maximum Gasteiger partial charge on any atom is 0.305 e. The largest absolute Gasteiger partial charge is 0.491 e. The molecular weight excluding hydrogens is 534 g/mol. The number of carbonyl (C=O) groups is 1. The van der Waals surface area contributed by atoms with Crippen LogP contribution in [0.4, 0.5) is 5.69 Å². The predicted molar refractivity (Wildman–Crippen MR) is 170 cm³/mol. The van der Waals surface area contributed by atoms with E-state index >= 15 is 0 Å². The third kappa shape index (κ3) is 27.0. The summed E-state index contributed by atoms with van der Waals surface area (Å²) in [4.78, 5) is 11.8. The van der Waals surface area contributed by atoms with Gasteiger partial charge in [-0.15, -0.1) is 0 Å². The molecule has 0 aromatic heterocycles. The molecule has 1 aromatic carbocycles. The van der Waals surface area contributed by atoms with Gasteiger partial charge in [-0.2, -0.15) is 0 Å². The molecule has 8 nitrogen and oxygen atoms in total. The normalized spacial score (nSPS) is 11.2. The average Bonchev–Trinajstić information content (AvgIpc) is 2.99. The van der Waals surface area contributed by atoms with E-state index in [-0.39, 0.29) is 5.97 Å². The average molecular weight is 596 g/mol. The van der Waals surface area contributed by atoms with Crippen molar-refractivity contribution in [1.82, 2.24) is 0 Å². The lowest BCUT2D eigenvalue weighted by atomic mass is 10.0. The second-order valence-corrected chi connectivity index (χ2v) is 10.8. The van der Waals surface area contributed by atoms with Gasteiger partial charge in [0, 0.05) is 12.1 Å². The molecule has 2 N–H and O–H groups in total. The number of nitrogen functional groups attached to an aromatic ring is 1. The summed E-state index contributed by atoms with van der Waals surface area (Å²) in [5, 5.41) is 0. The zero-order valence-electron chi connectivity index (χ0n) is 26.6. The fraction of sp³-hybridized carbons (Fsp3) is 0.794. The van der Waals surface area contributed by atoms with Crippen LogP contribution < -0.4 is 10.5 Å². The Hall–Kier alpha value is -1.87. The van der Waals surface area contributed by atoms with Crippen molar-refractivity contribution in [3.05, 3.63) is 24.3 Å². The van der Waals surface area contributed by atoms with E-state index in [4.69, 9.17) is 34.2 Å². The zero-order valence-corrected chi connectivity index (χ0v) is 26.6. The van der Waals surface area contributed by atoms with Gasteiger partial charge in [-0.3, -0.25) is 4.79 Å². The van der Waals surface area contributed by atoms with E-state index in [1.54, 1.807) is 12.1 Å². The summed E-state index contributed by atoms with van der Waals surface area (Å²) in [6.45, 7) is 6.90. The molecule has 1 rings (SSSR count). The molecule has 42 heavy (non-hydrogen) atoms. The number of benzene rings is 1. The molecule has 0 saturated carbocycles. The molecule has 0 aliphatic heterocycles. The van der Waals surface area contributed by atoms with Gasteiger partial charge in [0.15, 0.2) is 0 Å². The van der Waals surface area contributed by atoms with E-state index in [9.17, 15) is 4.79 Å². The lowest BCUT2D eigenvalue weighted by Gasteiger charge is -2.09. The van der Waals surface area contributed by atoms with E-state index in [1.165, 1.54) is 83.5 Å². The predicted octanol–water partition coefficient (Wildman–Crippen LogP) is 7.52. The molecule has 0 fully saturated rings. The molecule has 0 heterocycles. The van der Waals surface area contributed by atoms with Gasteiger partial charge in [0.1, 0.15) is 19.0 Å². The molecule has 0 unspecified atom stereocenters. The SMILES string of the molecule is CCCCCCCCCCCCCCCCCC(=O)OCCOCCOCCOCCOCCOc1ccc(N)cc1. The molecule has 0 bridgehead atoms. The Morgan fingerprint density at radius 2 is 0.905 bits per heavy atom. The summed E-state index contributed by atoms with van der Waals surface area (Å²) < 4.78 is 32.7. The van der Waals surface area contributed by atoms with Crippen molar-refractivity contribution in [2.24, 2.45) is 0 Å². The van der Waals surface area contributed by atoms with Crippen LogP contribution in [-0.4, -0.2) is 72.0 Å². The van der Waals surface area contributed by atoms with Crippen LogP contribution in [0.2, 0.25) is 0 Å². The summed E-state index contributed by atoms with van der Waals surface area (Å²) >= 11 is 0. The van der Waals surface area contributed by atoms with Crippen LogP contribution in [0, 0.1) is 0 Å². The summed E-state index contributed by atoms with van der Waals surface area (Å²) in [5.41, 5.74) is 6.35. The van der Waals surface area contributed by atoms with Crippen molar-refractivity contribution >= 4 is 11.7 Å². The monoisotopic (exact) mass is 595 g/mol. The van der Waals surface area contributed by atoms with E-state index in [0.717, 1.165) is 18.6 Å². The van der Waals surface area contributed by atoms with Crippen molar-refractivity contribution in [2.75, 3.05) is 71.8 Å². The fourth-order valence-corrected chi connectivity index (χ4v) is 4.47. The maximum absolute atomic E-state index is 11.8. The summed E-state index contributed by atoms with van der Waals surface area (Å²) in [6.07, 6.45) is 20.3. The minimum atomic E-state index is -0.125. The number of hydrogen-bond acceptors (Lipinski definition) is 8. The van der Waals surface area contributed by atoms with Crippen molar-refractivity contribution < 1.29 is 33.2 Å². The topological polar surface area (TPSA) is 98.5 Å². The van der Waals surface area contributed by atoms with Crippen LogP contribution in [0.3, 0.4) is 0 Å². The Morgan fingerprint density at radius 3 is 1.36 bits per heavy atom. The molecule has 0 aliphatic rings. The zero-order chi connectivity index (χ0) is 30.2. The van der Waals surface area contributed by atoms with E-state index in [1.807, 2.05) is 12.1 Å². The third-order valence-corrected chi connectivity index (χ3v) is 6.97. The van der Waals surface area contributed by atoms with Gasteiger partial charge in [0.05, 0.1) is 52.9 Å². The summed E-state index contributed by atoms with van der Waals surface area (Å²) in [5.74, 6) is 0.650. The molecule has 0 amide bonds. The quantitative estimate of drug-likeness (QED) is 0.0519. The van der Waals surface area contributed by atoms with Gasteiger partial charge in [-0.1, -0.05) is 96.8 Å². The lowest BCUT2D eigenvalue weighted by Crippen LogP contribution is -2.15. The number of rotatable bonds is 32. The van der Waals surface area contributed by atoms with Crippen molar-refractivity contribution in [3.63, 3.8) is 0 Å².